The first kappa shape index (κ1) is 22.6. The molecule has 0 aliphatic carbocycles. The summed E-state index contributed by atoms with van der Waals surface area (Å²) < 4.78 is 8.58. The number of para-hydroxylation sites is 2. The summed E-state index contributed by atoms with van der Waals surface area (Å²) in [6.45, 7) is 2.33. The number of aryl methyl sites for hydroxylation is 2. The fraction of sp³-hybridized carbons (Fsp3) is 0.138. The second kappa shape index (κ2) is 9.31. The molecule has 0 aliphatic rings. The van der Waals surface area contributed by atoms with Crippen LogP contribution >= 0.6 is 0 Å². The van der Waals surface area contributed by atoms with E-state index in [1.807, 2.05) is 85.8 Å². The maximum atomic E-state index is 13.9. The van der Waals surface area contributed by atoms with E-state index in [9.17, 15) is 4.79 Å². The first-order valence-electron chi connectivity index (χ1n) is 12.0. The Morgan fingerprint density at radius 2 is 1.57 bits per heavy atom. The Labute approximate surface area is 212 Å². The molecule has 0 atom stereocenters. The Kier molecular flexibility index (Phi) is 5.69. The molecule has 0 spiro atoms. The molecule has 0 unspecified atom stereocenters. The van der Waals surface area contributed by atoms with Crippen molar-refractivity contribution in [2.75, 3.05) is 7.11 Å². The van der Waals surface area contributed by atoms with Gasteiger partial charge in [0.1, 0.15) is 22.5 Å². The van der Waals surface area contributed by atoms with Crippen LogP contribution in [0.5, 0.6) is 5.75 Å². The molecule has 8 nitrogen and oxygen atoms in total. The summed E-state index contributed by atoms with van der Waals surface area (Å²) in [6.07, 6.45) is 2.42. The van der Waals surface area contributed by atoms with Crippen LogP contribution in [-0.2, 0) is 13.0 Å². The second-order valence-corrected chi connectivity index (χ2v) is 8.76. The molecule has 0 bridgehead atoms. The highest BCUT2D eigenvalue weighted by molar-refractivity contribution is 6.05. The van der Waals surface area contributed by atoms with Crippen molar-refractivity contribution in [1.29, 1.82) is 0 Å². The Morgan fingerprint density at radius 1 is 0.865 bits per heavy atom. The van der Waals surface area contributed by atoms with Gasteiger partial charge in [-0.3, -0.25) is 9.36 Å². The molecule has 8 heteroatoms. The standard InChI is InChI=1S/C29H24N6O2/c1-19-31-27-25(29(36)34(19)17-16-20-12-14-22(37-2)15-13-20)26-28(33-24-11-7-6-10-23(24)32-26)35(27)30-18-21-8-4-3-5-9-21/h3-15,18H,16-17H2,1-2H3/b30-18+. The van der Waals surface area contributed by atoms with Crippen LogP contribution in [0.2, 0.25) is 0 Å². The summed E-state index contributed by atoms with van der Waals surface area (Å²) in [6, 6.07) is 25.2. The Balaban J connectivity index is 1.52. The van der Waals surface area contributed by atoms with Crippen molar-refractivity contribution >= 4 is 39.4 Å². The van der Waals surface area contributed by atoms with Crippen LogP contribution in [0, 0.1) is 6.92 Å². The number of rotatable bonds is 6. The zero-order valence-electron chi connectivity index (χ0n) is 20.5. The number of fused-ring (bicyclic) bond motifs is 4. The molecular weight excluding hydrogens is 464 g/mol. The van der Waals surface area contributed by atoms with E-state index in [2.05, 4.69) is 5.10 Å². The van der Waals surface area contributed by atoms with E-state index in [0.717, 1.165) is 22.4 Å². The van der Waals surface area contributed by atoms with E-state index >= 15 is 0 Å². The fourth-order valence-corrected chi connectivity index (χ4v) is 4.48. The minimum atomic E-state index is -0.153. The second-order valence-electron chi connectivity index (χ2n) is 8.76. The topological polar surface area (TPSA) is 87.2 Å². The molecule has 0 N–H and O–H groups in total. The van der Waals surface area contributed by atoms with Gasteiger partial charge in [-0.1, -0.05) is 54.6 Å². The van der Waals surface area contributed by atoms with Gasteiger partial charge in [0.15, 0.2) is 11.3 Å². The number of nitrogens with zero attached hydrogens (tertiary/aromatic N) is 6. The first-order valence-corrected chi connectivity index (χ1v) is 12.0. The quantitative estimate of drug-likeness (QED) is 0.316. The fourth-order valence-electron chi connectivity index (χ4n) is 4.48. The summed E-state index contributed by atoms with van der Waals surface area (Å²) >= 11 is 0. The predicted octanol–water partition coefficient (Wildman–Crippen LogP) is 4.74. The lowest BCUT2D eigenvalue weighted by atomic mass is 10.1. The molecular formula is C29H24N6O2. The van der Waals surface area contributed by atoms with Gasteiger partial charge in [0.05, 0.1) is 24.4 Å². The van der Waals surface area contributed by atoms with Gasteiger partial charge in [-0.2, -0.15) is 9.78 Å². The lowest BCUT2D eigenvalue weighted by Gasteiger charge is -2.10. The van der Waals surface area contributed by atoms with Gasteiger partial charge in [0.25, 0.3) is 5.56 Å². The van der Waals surface area contributed by atoms with Crippen LogP contribution in [0.3, 0.4) is 0 Å². The van der Waals surface area contributed by atoms with E-state index in [0.29, 0.717) is 46.5 Å². The molecule has 0 aliphatic heterocycles. The van der Waals surface area contributed by atoms with E-state index in [1.54, 1.807) is 22.6 Å². The SMILES string of the molecule is COc1ccc(CCn2c(C)nc3c(c2=O)c2nc4ccccc4nc2n3/N=C/c2ccccc2)cc1. The average molecular weight is 489 g/mol. The molecule has 0 fully saturated rings. The Morgan fingerprint density at radius 3 is 2.30 bits per heavy atom. The van der Waals surface area contributed by atoms with Gasteiger partial charge in [0.2, 0.25) is 0 Å². The van der Waals surface area contributed by atoms with Crippen molar-refractivity contribution in [2.24, 2.45) is 5.10 Å². The third-order valence-electron chi connectivity index (χ3n) is 6.44. The van der Waals surface area contributed by atoms with E-state index in [1.165, 1.54) is 0 Å². The summed E-state index contributed by atoms with van der Waals surface area (Å²) in [5, 5.41) is 5.10. The van der Waals surface area contributed by atoms with Crippen LogP contribution in [0.1, 0.15) is 17.0 Å². The molecule has 3 aromatic carbocycles. The summed E-state index contributed by atoms with van der Waals surface area (Å²) in [5.41, 5.74) is 4.76. The Bertz CT molecular complexity index is 1840. The van der Waals surface area contributed by atoms with Gasteiger partial charge in [0, 0.05) is 6.54 Å². The number of hydrogen-bond donors (Lipinski definition) is 0. The number of aromatic nitrogens is 5. The van der Waals surface area contributed by atoms with Crippen LogP contribution in [0.25, 0.3) is 33.2 Å². The zero-order chi connectivity index (χ0) is 25.4. The highest BCUT2D eigenvalue weighted by atomic mass is 16.5. The zero-order valence-corrected chi connectivity index (χ0v) is 20.5. The van der Waals surface area contributed by atoms with Crippen molar-refractivity contribution in [3.8, 4) is 5.75 Å². The van der Waals surface area contributed by atoms with Gasteiger partial charge < -0.3 is 4.74 Å². The van der Waals surface area contributed by atoms with Crippen molar-refractivity contribution in [3.63, 3.8) is 0 Å². The largest absolute Gasteiger partial charge is 0.497 e. The van der Waals surface area contributed by atoms with Gasteiger partial charge in [-0.15, -0.1) is 0 Å². The molecule has 0 saturated heterocycles. The summed E-state index contributed by atoms with van der Waals surface area (Å²) in [7, 11) is 1.64. The summed E-state index contributed by atoms with van der Waals surface area (Å²) in [5.74, 6) is 1.41. The third-order valence-corrected chi connectivity index (χ3v) is 6.44. The number of methoxy groups -OCH3 is 1. The molecule has 0 radical (unpaired) electrons. The lowest BCUT2D eigenvalue weighted by molar-refractivity contribution is 0.414. The number of ether oxygens (including phenoxy) is 1. The molecule has 6 aromatic rings. The van der Waals surface area contributed by atoms with Crippen molar-refractivity contribution < 1.29 is 4.74 Å². The van der Waals surface area contributed by atoms with Crippen LogP contribution in [0.15, 0.2) is 88.8 Å². The smallest absolute Gasteiger partial charge is 0.265 e. The average Bonchev–Trinajstić information content (AvgIpc) is 3.23. The normalized spacial score (nSPS) is 11.7. The van der Waals surface area contributed by atoms with Crippen LogP contribution < -0.4 is 10.3 Å². The highest BCUT2D eigenvalue weighted by Crippen LogP contribution is 2.25. The third kappa shape index (κ3) is 4.12. The van der Waals surface area contributed by atoms with Gasteiger partial charge in [-0.05, 0) is 48.7 Å². The molecule has 182 valence electrons. The van der Waals surface area contributed by atoms with Crippen LogP contribution in [-0.4, -0.2) is 37.5 Å². The lowest BCUT2D eigenvalue weighted by Crippen LogP contribution is -2.25. The van der Waals surface area contributed by atoms with Gasteiger partial charge in [-0.25, -0.2) is 15.0 Å². The highest BCUT2D eigenvalue weighted by Gasteiger charge is 2.21. The monoisotopic (exact) mass is 488 g/mol. The van der Waals surface area contributed by atoms with E-state index < -0.39 is 0 Å². The number of hydrogen-bond acceptors (Lipinski definition) is 6. The number of benzene rings is 3. The minimum Gasteiger partial charge on any atom is -0.497 e. The molecule has 0 amide bonds. The maximum Gasteiger partial charge on any atom is 0.265 e. The van der Waals surface area contributed by atoms with Gasteiger partial charge >= 0.3 is 0 Å². The Hall–Kier alpha value is -4.85. The molecule has 3 heterocycles. The molecule has 3 aromatic heterocycles. The van der Waals surface area contributed by atoms with Crippen molar-refractivity contribution in [1.82, 2.24) is 24.2 Å². The molecule has 37 heavy (non-hydrogen) atoms. The molecule has 6 rings (SSSR count). The van der Waals surface area contributed by atoms with Crippen LogP contribution in [0.4, 0.5) is 0 Å². The summed E-state index contributed by atoms with van der Waals surface area (Å²) in [4.78, 5) is 28.4. The van der Waals surface area contributed by atoms with E-state index in [-0.39, 0.29) is 5.56 Å². The minimum absolute atomic E-state index is 0.153. The molecule has 0 saturated carbocycles. The predicted molar refractivity (Wildman–Crippen MR) is 145 cm³/mol. The maximum absolute atomic E-state index is 13.9. The van der Waals surface area contributed by atoms with E-state index in [4.69, 9.17) is 19.7 Å². The van der Waals surface area contributed by atoms with Crippen molar-refractivity contribution in [3.05, 3.63) is 106 Å². The van der Waals surface area contributed by atoms with Crippen molar-refractivity contribution in [2.45, 2.75) is 19.9 Å². The first-order chi connectivity index (χ1) is 18.1.